The highest BCUT2D eigenvalue weighted by Gasteiger charge is 2.31. The smallest absolute Gasteiger partial charge is 0.196 e. The van der Waals surface area contributed by atoms with Crippen LogP contribution in [0.3, 0.4) is 0 Å². The first kappa shape index (κ1) is 20.0. The minimum absolute atomic E-state index is 0.115. The number of hydrogen-bond acceptors (Lipinski definition) is 4. The second-order valence-electron chi connectivity index (χ2n) is 5.57. The summed E-state index contributed by atoms with van der Waals surface area (Å²) in [6.07, 6.45) is 1.52. The number of sulfone groups is 2. The van der Waals surface area contributed by atoms with Crippen molar-refractivity contribution in [1.82, 2.24) is 0 Å². The van der Waals surface area contributed by atoms with E-state index in [-0.39, 0.29) is 15.4 Å². The molecule has 6 heteroatoms. The van der Waals surface area contributed by atoms with Crippen LogP contribution in [0.4, 0.5) is 0 Å². The summed E-state index contributed by atoms with van der Waals surface area (Å²) in [6, 6.07) is 15.9. The zero-order chi connectivity index (χ0) is 19.2. The second-order valence-corrected chi connectivity index (χ2v) is 9.59. The Morgan fingerprint density at radius 3 is 1.88 bits per heavy atom. The number of allylic oxidation sites excluding steroid dienone is 1. The van der Waals surface area contributed by atoms with E-state index in [0.29, 0.717) is 0 Å². The Labute approximate surface area is 155 Å². The molecule has 0 aliphatic heterocycles. The van der Waals surface area contributed by atoms with Crippen molar-refractivity contribution >= 4 is 19.7 Å². The van der Waals surface area contributed by atoms with Crippen LogP contribution in [0.5, 0.6) is 0 Å². The van der Waals surface area contributed by atoms with E-state index in [9.17, 15) is 16.8 Å². The van der Waals surface area contributed by atoms with Crippen molar-refractivity contribution in [3.63, 3.8) is 0 Å². The van der Waals surface area contributed by atoms with Crippen LogP contribution < -0.4 is 0 Å². The van der Waals surface area contributed by atoms with Gasteiger partial charge in [0, 0.05) is 0 Å². The van der Waals surface area contributed by atoms with E-state index in [1.54, 1.807) is 43.3 Å². The Bertz CT molecular complexity index is 1040. The highest BCUT2D eigenvalue weighted by Crippen LogP contribution is 2.24. The summed E-state index contributed by atoms with van der Waals surface area (Å²) in [5.41, 5.74) is 0.243. The van der Waals surface area contributed by atoms with Crippen molar-refractivity contribution in [1.29, 1.82) is 0 Å². The highest BCUT2D eigenvalue weighted by molar-refractivity contribution is 7.93. The van der Waals surface area contributed by atoms with Crippen molar-refractivity contribution in [2.75, 3.05) is 5.75 Å². The van der Waals surface area contributed by atoms with Crippen LogP contribution in [0.2, 0.25) is 0 Å². The summed E-state index contributed by atoms with van der Waals surface area (Å²) >= 11 is 0. The van der Waals surface area contributed by atoms with Gasteiger partial charge in [0.25, 0.3) is 0 Å². The molecule has 0 aliphatic rings. The molecule has 0 heterocycles. The quantitative estimate of drug-likeness (QED) is 0.563. The maximum absolute atomic E-state index is 13.0. The van der Waals surface area contributed by atoms with E-state index in [1.165, 1.54) is 37.3 Å². The maximum Gasteiger partial charge on any atom is 0.196 e. The molecule has 0 amide bonds. The lowest BCUT2D eigenvalue weighted by Gasteiger charge is -2.16. The fourth-order valence-electron chi connectivity index (χ4n) is 2.49. The van der Waals surface area contributed by atoms with Gasteiger partial charge >= 0.3 is 0 Å². The highest BCUT2D eigenvalue weighted by atomic mass is 32.2. The Hall–Kier alpha value is -2.36. The fourth-order valence-corrected chi connectivity index (χ4v) is 5.80. The molecule has 136 valence electrons. The van der Waals surface area contributed by atoms with Gasteiger partial charge in [0.05, 0.1) is 15.5 Å². The van der Waals surface area contributed by atoms with Gasteiger partial charge in [-0.2, -0.15) is 0 Å². The number of hydrogen-bond donors (Lipinski definition) is 0. The molecule has 1 unspecified atom stereocenters. The largest absolute Gasteiger partial charge is 0.223 e. The van der Waals surface area contributed by atoms with Gasteiger partial charge in [0.1, 0.15) is 5.25 Å². The predicted molar refractivity (Wildman–Crippen MR) is 103 cm³/mol. The van der Waals surface area contributed by atoms with Gasteiger partial charge in [-0.25, -0.2) is 16.8 Å². The molecule has 0 saturated carbocycles. The van der Waals surface area contributed by atoms with Crippen molar-refractivity contribution in [2.45, 2.75) is 28.9 Å². The van der Waals surface area contributed by atoms with Crippen LogP contribution in [0, 0.1) is 11.8 Å². The average molecular weight is 389 g/mol. The molecule has 4 nitrogen and oxygen atoms in total. The zero-order valence-corrected chi connectivity index (χ0v) is 16.2. The third kappa shape index (κ3) is 4.43. The van der Waals surface area contributed by atoms with E-state index >= 15 is 0 Å². The Morgan fingerprint density at radius 1 is 0.923 bits per heavy atom. The minimum atomic E-state index is -3.84. The molecule has 0 N–H and O–H groups in total. The molecule has 0 fully saturated rings. The monoisotopic (exact) mass is 388 g/mol. The molecule has 2 aromatic carbocycles. The van der Waals surface area contributed by atoms with Crippen molar-refractivity contribution in [3.8, 4) is 11.8 Å². The molecular weight excluding hydrogens is 368 g/mol. The molecule has 0 bridgehead atoms. The Morgan fingerprint density at radius 2 is 1.42 bits per heavy atom. The third-order valence-electron chi connectivity index (χ3n) is 3.82. The Kier molecular flexibility index (Phi) is 6.41. The summed E-state index contributed by atoms with van der Waals surface area (Å²) in [6.45, 7) is 3.16. The summed E-state index contributed by atoms with van der Waals surface area (Å²) in [4.78, 5) is 0.267. The summed E-state index contributed by atoms with van der Waals surface area (Å²) in [5, 5.41) is -1.21. The van der Waals surface area contributed by atoms with E-state index < -0.39 is 30.7 Å². The molecule has 0 aliphatic carbocycles. The molecular formula is C20H20O4S2. The first-order valence-electron chi connectivity index (χ1n) is 7.97. The zero-order valence-electron chi connectivity index (χ0n) is 14.6. The van der Waals surface area contributed by atoms with Crippen LogP contribution in [0.25, 0.3) is 0 Å². The van der Waals surface area contributed by atoms with E-state index in [1.807, 2.05) is 0 Å². The molecule has 26 heavy (non-hydrogen) atoms. The molecule has 0 spiro atoms. The molecule has 0 aromatic heterocycles. The van der Waals surface area contributed by atoms with Gasteiger partial charge < -0.3 is 0 Å². The molecule has 2 rings (SSSR count). The fraction of sp³-hybridized carbons (Fsp3) is 0.200. The lowest BCUT2D eigenvalue weighted by Crippen LogP contribution is -2.26. The van der Waals surface area contributed by atoms with Crippen LogP contribution in [0.15, 0.2) is 82.1 Å². The van der Waals surface area contributed by atoms with Gasteiger partial charge in [-0.3, -0.25) is 0 Å². The van der Waals surface area contributed by atoms with Crippen LogP contribution in [-0.2, 0) is 19.7 Å². The topological polar surface area (TPSA) is 68.3 Å². The summed E-state index contributed by atoms with van der Waals surface area (Å²) < 4.78 is 51.4. The lowest BCUT2D eigenvalue weighted by atomic mass is 10.2. The van der Waals surface area contributed by atoms with Gasteiger partial charge in [0.15, 0.2) is 19.7 Å². The molecule has 2 aromatic rings. The molecule has 0 saturated heterocycles. The van der Waals surface area contributed by atoms with E-state index in [4.69, 9.17) is 0 Å². The van der Waals surface area contributed by atoms with Gasteiger partial charge in [0.2, 0.25) is 0 Å². The Balaban J connectivity index is 2.47. The third-order valence-corrected chi connectivity index (χ3v) is 7.50. The minimum Gasteiger partial charge on any atom is -0.223 e. The normalized spacial score (nSPS) is 13.5. The van der Waals surface area contributed by atoms with Crippen molar-refractivity contribution in [3.05, 3.63) is 72.3 Å². The van der Waals surface area contributed by atoms with Gasteiger partial charge in [-0.1, -0.05) is 48.4 Å². The first-order valence-corrected chi connectivity index (χ1v) is 11.2. The number of benzene rings is 2. The molecule has 0 radical (unpaired) electrons. The van der Waals surface area contributed by atoms with E-state index in [0.717, 1.165) is 0 Å². The first-order chi connectivity index (χ1) is 12.3. The average Bonchev–Trinajstić information content (AvgIpc) is 2.66. The second kappa shape index (κ2) is 8.35. The number of rotatable bonds is 6. The van der Waals surface area contributed by atoms with Crippen LogP contribution in [-0.4, -0.2) is 27.8 Å². The standard InChI is InChI=1S/C20H20O4S2/c1-3-11-20(26(23,24)19-14-9-6-10-15-19)17(4-2)16-25(21,22)18-12-7-5-8-13-18/h4-10,12-15,20H,16H2,1-2H3/b17-4-. The van der Waals surface area contributed by atoms with Crippen LogP contribution >= 0.6 is 0 Å². The van der Waals surface area contributed by atoms with Crippen LogP contribution in [0.1, 0.15) is 13.8 Å². The molecule has 1 atom stereocenters. The SMILES string of the molecule is CC#CC(/C(=C\C)CS(=O)(=O)c1ccccc1)S(=O)(=O)c1ccccc1. The summed E-state index contributed by atoms with van der Waals surface area (Å²) in [7, 11) is -7.51. The van der Waals surface area contributed by atoms with Crippen molar-refractivity contribution in [2.24, 2.45) is 0 Å². The summed E-state index contributed by atoms with van der Waals surface area (Å²) in [5.74, 6) is 4.89. The lowest BCUT2D eigenvalue weighted by molar-refractivity contribution is 0.592. The van der Waals surface area contributed by atoms with E-state index in [2.05, 4.69) is 11.8 Å². The van der Waals surface area contributed by atoms with Gasteiger partial charge in [-0.05, 0) is 43.7 Å². The van der Waals surface area contributed by atoms with Crippen molar-refractivity contribution < 1.29 is 16.8 Å². The maximum atomic E-state index is 13.0. The van der Waals surface area contributed by atoms with Gasteiger partial charge in [-0.15, -0.1) is 5.92 Å². The predicted octanol–water partition coefficient (Wildman–Crippen LogP) is 3.27.